The molecule has 1 unspecified atom stereocenters. The predicted octanol–water partition coefficient (Wildman–Crippen LogP) is 4.30. The maximum absolute atomic E-state index is 13.5. The van der Waals surface area contributed by atoms with Gasteiger partial charge in [-0.15, -0.1) is 0 Å². The summed E-state index contributed by atoms with van der Waals surface area (Å²) >= 11 is 0. The van der Waals surface area contributed by atoms with Gasteiger partial charge in [-0.05, 0) is 37.5 Å². The summed E-state index contributed by atoms with van der Waals surface area (Å²) in [6.07, 6.45) is 2.14. The van der Waals surface area contributed by atoms with Crippen molar-refractivity contribution >= 4 is 17.6 Å². The lowest BCUT2D eigenvalue weighted by Gasteiger charge is -2.26. The molecule has 0 fully saturated rings. The Morgan fingerprint density at radius 1 is 1.08 bits per heavy atom. The van der Waals surface area contributed by atoms with Crippen LogP contribution in [-0.2, 0) is 21.5 Å². The van der Waals surface area contributed by atoms with E-state index in [1.807, 2.05) is 74.5 Å². The van der Waals surface area contributed by atoms with Gasteiger partial charge in [-0.25, -0.2) is 0 Å². The highest BCUT2D eigenvalue weighted by molar-refractivity contribution is 6.09. The number of para-hydroxylation sites is 1. The third kappa shape index (κ3) is 3.27. The van der Waals surface area contributed by atoms with Gasteiger partial charge in [-0.3, -0.25) is 9.59 Å². The van der Waals surface area contributed by atoms with E-state index in [1.165, 1.54) is 0 Å². The van der Waals surface area contributed by atoms with Gasteiger partial charge in [0.1, 0.15) is 0 Å². The fourth-order valence-corrected chi connectivity index (χ4v) is 3.60. The van der Waals surface area contributed by atoms with E-state index < -0.39 is 11.4 Å². The lowest BCUT2D eigenvalue weighted by molar-refractivity contribution is -0.141. The maximum Gasteiger partial charge on any atom is 0.304 e. The van der Waals surface area contributed by atoms with E-state index in [9.17, 15) is 14.7 Å². The minimum absolute atomic E-state index is 0.137. The predicted molar refractivity (Wildman–Crippen MR) is 102 cm³/mol. The highest BCUT2D eigenvalue weighted by atomic mass is 16.4. The normalized spacial score (nSPS) is 18.5. The Morgan fingerprint density at radius 2 is 1.73 bits per heavy atom. The molecule has 0 aliphatic carbocycles. The van der Waals surface area contributed by atoms with Crippen LogP contribution in [-0.4, -0.2) is 17.0 Å². The van der Waals surface area contributed by atoms with Crippen molar-refractivity contribution in [2.24, 2.45) is 0 Å². The third-order valence-electron chi connectivity index (χ3n) is 4.86. The van der Waals surface area contributed by atoms with Crippen LogP contribution in [0.1, 0.15) is 37.8 Å². The van der Waals surface area contributed by atoms with Crippen molar-refractivity contribution in [2.45, 2.75) is 38.6 Å². The number of anilines is 1. The molecule has 1 heterocycles. The van der Waals surface area contributed by atoms with Gasteiger partial charge in [0.05, 0.1) is 18.4 Å². The fraction of sp³-hybridized carbons (Fsp3) is 0.273. The Bertz CT molecular complexity index is 853. The van der Waals surface area contributed by atoms with Gasteiger partial charge < -0.3 is 10.0 Å². The van der Waals surface area contributed by atoms with E-state index in [-0.39, 0.29) is 12.3 Å². The molecule has 4 nitrogen and oxygen atoms in total. The molecule has 1 atom stereocenters. The zero-order valence-corrected chi connectivity index (χ0v) is 15.1. The summed E-state index contributed by atoms with van der Waals surface area (Å²) in [5.74, 6) is -1.10. The van der Waals surface area contributed by atoms with Crippen LogP contribution in [0.15, 0.2) is 66.2 Å². The maximum atomic E-state index is 13.5. The number of carbonyl (C=O) groups is 2. The number of hydrogen-bond acceptors (Lipinski definition) is 2. The van der Waals surface area contributed by atoms with Crippen molar-refractivity contribution in [3.8, 4) is 0 Å². The molecular weight excluding hydrogens is 326 g/mol. The molecule has 2 aromatic rings. The van der Waals surface area contributed by atoms with Crippen LogP contribution in [0.25, 0.3) is 0 Å². The summed E-state index contributed by atoms with van der Waals surface area (Å²) in [4.78, 5) is 26.8. The quantitative estimate of drug-likeness (QED) is 0.791. The Hall–Kier alpha value is -2.88. The second-order valence-corrected chi connectivity index (χ2v) is 7.03. The molecule has 1 aliphatic heterocycles. The lowest BCUT2D eigenvalue weighted by atomic mass is 9.75. The Labute approximate surface area is 153 Å². The van der Waals surface area contributed by atoms with Gasteiger partial charge in [-0.2, -0.15) is 0 Å². The van der Waals surface area contributed by atoms with Crippen LogP contribution >= 0.6 is 0 Å². The number of rotatable bonds is 6. The van der Waals surface area contributed by atoms with Crippen LogP contribution < -0.4 is 4.90 Å². The molecule has 0 saturated heterocycles. The molecule has 1 amide bonds. The van der Waals surface area contributed by atoms with Crippen molar-refractivity contribution in [1.82, 2.24) is 0 Å². The molecular formula is C22H23NO3. The molecule has 134 valence electrons. The Balaban J connectivity index is 2.09. The van der Waals surface area contributed by atoms with Crippen LogP contribution in [0.3, 0.4) is 0 Å². The van der Waals surface area contributed by atoms with E-state index >= 15 is 0 Å². The highest BCUT2D eigenvalue weighted by Crippen LogP contribution is 2.47. The molecule has 4 heteroatoms. The molecule has 3 rings (SSSR count). The van der Waals surface area contributed by atoms with Gasteiger partial charge in [-0.1, -0.05) is 60.2 Å². The minimum atomic E-state index is -1.05. The molecule has 1 N–H and O–H groups in total. The zero-order valence-electron chi connectivity index (χ0n) is 15.1. The molecule has 0 aromatic heterocycles. The number of fused-ring (bicyclic) bond motifs is 1. The first-order chi connectivity index (χ1) is 12.4. The average molecular weight is 349 g/mol. The SMILES string of the molecule is CC(C)=CCC1(CC(=O)O)C(=O)N(Cc2ccccc2)c2ccccc21. The lowest BCUT2D eigenvalue weighted by Crippen LogP contribution is -2.41. The molecule has 1 aliphatic rings. The number of amides is 1. The second kappa shape index (κ2) is 7.16. The first kappa shape index (κ1) is 17.9. The van der Waals surface area contributed by atoms with Gasteiger partial charge in [0.15, 0.2) is 0 Å². The van der Waals surface area contributed by atoms with Gasteiger partial charge in [0.2, 0.25) is 5.91 Å². The zero-order chi connectivity index (χ0) is 18.7. The summed E-state index contributed by atoms with van der Waals surface area (Å²) in [7, 11) is 0. The molecule has 0 spiro atoms. The smallest absolute Gasteiger partial charge is 0.304 e. The number of aliphatic carboxylic acids is 1. The second-order valence-electron chi connectivity index (χ2n) is 7.03. The van der Waals surface area contributed by atoms with Gasteiger partial charge in [0, 0.05) is 5.69 Å². The Kier molecular flexibility index (Phi) is 4.94. The number of carbonyl (C=O) groups excluding carboxylic acids is 1. The van der Waals surface area contributed by atoms with Crippen molar-refractivity contribution in [2.75, 3.05) is 4.90 Å². The molecule has 0 radical (unpaired) electrons. The molecule has 26 heavy (non-hydrogen) atoms. The summed E-state index contributed by atoms with van der Waals surface area (Å²) in [5.41, 5.74) is 2.66. The van der Waals surface area contributed by atoms with Gasteiger partial charge >= 0.3 is 5.97 Å². The van der Waals surface area contributed by atoms with E-state index in [0.717, 1.165) is 22.4 Å². The van der Waals surface area contributed by atoms with Crippen LogP contribution in [0.5, 0.6) is 0 Å². The summed E-state index contributed by atoms with van der Waals surface area (Å²) in [6.45, 7) is 4.36. The van der Waals surface area contributed by atoms with E-state index in [0.29, 0.717) is 13.0 Å². The topological polar surface area (TPSA) is 57.6 Å². The van der Waals surface area contributed by atoms with E-state index in [4.69, 9.17) is 0 Å². The van der Waals surface area contributed by atoms with E-state index in [1.54, 1.807) is 4.90 Å². The first-order valence-corrected chi connectivity index (χ1v) is 8.74. The average Bonchev–Trinajstić information content (AvgIpc) is 2.84. The molecule has 0 bridgehead atoms. The molecule has 0 saturated carbocycles. The monoisotopic (exact) mass is 349 g/mol. The van der Waals surface area contributed by atoms with Crippen LogP contribution in [0.4, 0.5) is 5.69 Å². The van der Waals surface area contributed by atoms with Crippen molar-refractivity contribution in [1.29, 1.82) is 0 Å². The van der Waals surface area contributed by atoms with Crippen LogP contribution in [0, 0.1) is 0 Å². The van der Waals surface area contributed by atoms with Crippen LogP contribution in [0.2, 0.25) is 0 Å². The number of carboxylic acids is 1. The van der Waals surface area contributed by atoms with E-state index in [2.05, 4.69) is 0 Å². The number of hydrogen-bond donors (Lipinski definition) is 1. The highest BCUT2D eigenvalue weighted by Gasteiger charge is 2.51. The van der Waals surface area contributed by atoms with Crippen molar-refractivity contribution in [3.05, 3.63) is 77.4 Å². The number of benzene rings is 2. The minimum Gasteiger partial charge on any atom is -0.481 e. The standard InChI is InChI=1S/C22H23NO3/c1-16(2)12-13-22(14-20(24)25)18-10-6-7-11-19(18)23(21(22)26)15-17-8-4-3-5-9-17/h3-12H,13-15H2,1-2H3,(H,24,25). The Morgan fingerprint density at radius 3 is 2.38 bits per heavy atom. The largest absolute Gasteiger partial charge is 0.481 e. The van der Waals surface area contributed by atoms with Gasteiger partial charge in [0.25, 0.3) is 0 Å². The number of nitrogens with zero attached hydrogens (tertiary/aromatic N) is 1. The summed E-state index contributed by atoms with van der Waals surface area (Å²) < 4.78 is 0. The molecule has 2 aromatic carbocycles. The van der Waals surface area contributed by atoms with Crippen molar-refractivity contribution in [3.63, 3.8) is 0 Å². The summed E-state index contributed by atoms with van der Waals surface area (Å²) in [6, 6.07) is 17.3. The fourth-order valence-electron chi connectivity index (χ4n) is 3.60. The third-order valence-corrected chi connectivity index (χ3v) is 4.86. The first-order valence-electron chi connectivity index (χ1n) is 8.74. The van der Waals surface area contributed by atoms with Crippen molar-refractivity contribution < 1.29 is 14.7 Å². The number of allylic oxidation sites excluding steroid dienone is 2. The number of carboxylic acid groups (broad SMARTS) is 1. The summed E-state index contributed by atoms with van der Waals surface area (Å²) in [5, 5.41) is 9.53.